The quantitative estimate of drug-likeness (QED) is 0.250. The number of hydrogen-bond acceptors (Lipinski definition) is 10. The molecule has 2 aliphatic rings. The molecule has 0 radical (unpaired) electrons. The van der Waals surface area contributed by atoms with Crippen LogP contribution in [0, 0.1) is 6.92 Å². The Morgan fingerprint density at radius 1 is 1.09 bits per heavy atom. The van der Waals surface area contributed by atoms with Crippen molar-refractivity contribution >= 4 is 38.1 Å². The summed E-state index contributed by atoms with van der Waals surface area (Å²) in [4.78, 5) is 12.3. The van der Waals surface area contributed by atoms with Crippen molar-refractivity contribution in [3.8, 4) is 21.8 Å². The third-order valence-corrected chi connectivity index (χ3v) is 11.5. The number of anilines is 1. The predicted molar refractivity (Wildman–Crippen MR) is 167 cm³/mol. The minimum Gasteiger partial charge on any atom is -0.366 e. The van der Waals surface area contributed by atoms with E-state index in [4.69, 9.17) is 9.62 Å². The highest BCUT2D eigenvalue weighted by molar-refractivity contribution is 7.91. The predicted octanol–water partition coefficient (Wildman–Crippen LogP) is 4.74. The van der Waals surface area contributed by atoms with Crippen LogP contribution >= 0.6 is 11.3 Å². The second-order valence-corrected chi connectivity index (χ2v) is 14.7. The van der Waals surface area contributed by atoms with E-state index in [1.165, 1.54) is 24.2 Å². The molecule has 1 aliphatic carbocycles. The number of thiophene rings is 1. The maximum atomic E-state index is 13.4. The van der Waals surface area contributed by atoms with Crippen LogP contribution in [0.15, 0.2) is 57.7 Å². The van der Waals surface area contributed by atoms with Gasteiger partial charge in [-0.3, -0.25) is 9.58 Å². The van der Waals surface area contributed by atoms with Gasteiger partial charge in [0.25, 0.3) is 10.0 Å². The van der Waals surface area contributed by atoms with E-state index in [2.05, 4.69) is 56.7 Å². The summed E-state index contributed by atoms with van der Waals surface area (Å²) < 4.78 is 35.8. The SMILES string of the molecule is Cc1cc(-c2ccc(S(=O)(=O)N3CCN(C[C@H](C)Nc4ncnc5c(-c6cn(C)nc6C6CC6)cccc45)CC3)s2)on1. The molecule has 1 atom stereocenters. The van der Waals surface area contributed by atoms with Gasteiger partial charge in [-0.15, -0.1) is 11.3 Å². The lowest BCUT2D eigenvalue weighted by atomic mass is 10.0. The number of rotatable bonds is 9. The molecule has 13 heteroatoms. The van der Waals surface area contributed by atoms with Gasteiger partial charge in [0, 0.05) is 80.5 Å². The summed E-state index contributed by atoms with van der Waals surface area (Å²) in [6, 6.07) is 11.6. The molecule has 0 bridgehead atoms. The van der Waals surface area contributed by atoms with Gasteiger partial charge in [0.15, 0.2) is 5.76 Å². The molecule has 0 spiro atoms. The number of sulfonamides is 1. The van der Waals surface area contributed by atoms with Crippen LogP contribution in [0.5, 0.6) is 0 Å². The van der Waals surface area contributed by atoms with Crippen molar-refractivity contribution in [2.45, 2.75) is 42.9 Å². The van der Waals surface area contributed by atoms with Crippen molar-refractivity contribution in [1.82, 2.24) is 34.1 Å². The second kappa shape index (κ2) is 11.1. The zero-order chi connectivity index (χ0) is 29.7. The number of hydrogen-bond donors (Lipinski definition) is 1. The molecule has 43 heavy (non-hydrogen) atoms. The van der Waals surface area contributed by atoms with Crippen molar-refractivity contribution in [3.05, 3.63) is 60.3 Å². The van der Waals surface area contributed by atoms with Crippen LogP contribution in [-0.4, -0.2) is 81.3 Å². The number of aryl methyl sites for hydroxylation is 2. The topological polar surface area (TPSA) is 122 Å². The third-order valence-electron chi connectivity index (χ3n) is 8.07. The Morgan fingerprint density at radius 3 is 2.65 bits per heavy atom. The van der Waals surface area contributed by atoms with Gasteiger partial charge in [0.1, 0.15) is 16.4 Å². The Morgan fingerprint density at radius 2 is 1.91 bits per heavy atom. The van der Waals surface area contributed by atoms with Crippen LogP contribution in [0.3, 0.4) is 0 Å². The van der Waals surface area contributed by atoms with E-state index in [0.717, 1.165) is 50.7 Å². The number of piperazine rings is 1. The Bertz CT molecular complexity index is 1880. The molecule has 11 nitrogen and oxygen atoms in total. The van der Waals surface area contributed by atoms with Crippen molar-refractivity contribution in [1.29, 1.82) is 0 Å². The monoisotopic (exact) mass is 618 g/mol. The summed E-state index contributed by atoms with van der Waals surface area (Å²) in [7, 11) is -1.60. The van der Waals surface area contributed by atoms with E-state index < -0.39 is 10.0 Å². The average molecular weight is 619 g/mol. The minimum atomic E-state index is -3.57. The molecule has 224 valence electrons. The first-order valence-electron chi connectivity index (χ1n) is 14.6. The van der Waals surface area contributed by atoms with Gasteiger partial charge < -0.3 is 9.84 Å². The van der Waals surface area contributed by atoms with E-state index in [9.17, 15) is 8.42 Å². The molecule has 1 saturated carbocycles. The molecule has 5 heterocycles. The number of aromatic nitrogens is 5. The van der Waals surface area contributed by atoms with E-state index in [-0.39, 0.29) is 6.04 Å². The fourth-order valence-electron chi connectivity index (χ4n) is 5.81. The number of para-hydroxylation sites is 1. The summed E-state index contributed by atoms with van der Waals surface area (Å²) in [6.45, 7) is 6.94. The van der Waals surface area contributed by atoms with Crippen LogP contribution in [-0.2, 0) is 17.1 Å². The zero-order valence-electron chi connectivity index (χ0n) is 24.4. The van der Waals surface area contributed by atoms with Crippen molar-refractivity contribution in [3.63, 3.8) is 0 Å². The van der Waals surface area contributed by atoms with E-state index >= 15 is 0 Å². The highest BCUT2D eigenvalue weighted by Gasteiger charge is 2.32. The highest BCUT2D eigenvalue weighted by atomic mass is 32.2. The summed E-state index contributed by atoms with van der Waals surface area (Å²) in [5.74, 6) is 1.92. The first-order valence-corrected chi connectivity index (χ1v) is 16.8. The molecule has 1 N–H and O–H groups in total. The van der Waals surface area contributed by atoms with Gasteiger partial charge in [0.2, 0.25) is 0 Å². The zero-order valence-corrected chi connectivity index (χ0v) is 26.0. The van der Waals surface area contributed by atoms with Crippen molar-refractivity contribution in [2.75, 3.05) is 38.0 Å². The summed E-state index contributed by atoms with van der Waals surface area (Å²) >= 11 is 1.22. The standard InChI is InChI=1S/C30H34N8O3S2/c1-19-15-25(41-35-19)26-9-10-27(42-26)43(39,40)38-13-11-37(12-14-38)16-20(2)33-30-23-6-4-5-22(29(23)31-18-32-30)24-17-36(3)34-28(24)21-7-8-21/h4-6,9-10,15,17-18,20-21H,7-8,11-14,16H2,1-3H3,(H,31,32,33)/t20-/m0/s1. The molecule has 4 aromatic heterocycles. The number of fused-ring (bicyclic) bond motifs is 1. The Balaban J connectivity index is 1.01. The fourth-order valence-corrected chi connectivity index (χ4v) is 8.64. The number of nitrogens with zero attached hydrogens (tertiary/aromatic N) is 7. The molecule has 5 aromatic rings. The van der Waals surface area contributed by atoms with Crippen LogP contribution in [0.25, 0.3) is 32.7 Å². The van der Waals surface area contributed by atoms with Gasteiger partial charge in [-0.1, -0.05) is 17.3 Å². The van der Waals surface area contributed by atoms with Gasteiger partial charge in [0.05, 0.1) is 21.8 Å². The molecule has 0 amide bonds. The maximum absolute atomic E-state index is 13.4. The smallest absolute Gasteiger partial charge is 0.252 e. The first-order chi connectivity index (χ1) is 20.8. The Hall–Kier alpha value is -3.65. The average Bonchev–Trinajstić information content (AvgIpc) is 3.34. The molecule has 0 unspecified atom stereocenters. The van der Waals surface area contributed by atoms with Crippen LogP contribution in [0.1, 0.15) is 37.1 Å². The van der Waals surface area contributed by atoms with E-state index in [0.29, 0.717) is 42.1 Å². The number of nitrogens with one attached hydrogen (secondary N) is 1. The molecule has 7 rings (SSSR count). The summed E-state index contributed by atoms with van der Waals surface area (Å²) in [5, 5.41) is 13.2. The van der Waals surface area contributed by atoms with Crippen LogP contribution in [0.2, 0.25) is 0 Å². The largest absolute Gasteiger partial charge is 0.366 e. The van der Waals surface area contributed by atoms with Gasteiger partial charge >= 0.3 is 0 Å². The van der Waals surface area contributed by atoms with Crippen LogP contribution in [0.4, 0.5) is 5.82 Å². The normalized spacial score (nSPS) is 17.5. The lowest BCUT2D eigenvalue weighted by Gasteiger charge is -2.35. The lowest BCUT2D eigenvalue weighted by molar-refractivity contribution is 0.184. The van der Waals surface area contributed by atoms with E-state index in [1.54, 1.807) is 22.8 Å². The molecule has 1 aliphatic heterocycles. The number of benzene rings is 1. The molecule has 1 saturated heterocycles. The first kappa shape index (κ1) is 28.1. The minimum absolute atomic E-state index is 0.0931. The van der Waals surface area contributed by atoms with Crippen molar-refractivity contribution in [2.24, 2.45) is 7.05 Å². The lowest BCUT2D eigenvalue weighted by Crippen LogP contribution is -2.50. The summed E-state index contributed by atoms with van der Waals surface area (Å²) in [5.41, 5.74) is 5.06. The maximum Gasteiger partial charge on any atom is 0.252 e. The molecular formula is C30H34N8O3S2. The molecular weight excluding hydrogens is 585 g/mol. The van der Waals surface area contributed by atoms with Crippen LogP contribution < -0.4 is 5.32 Å². The fraction of sp³-hybridized carbons (Fsp3) is 0.400. The summed E-state index contributed by atoms with van der Waals surface area (Å²) in [6.07, 6.45) is 6.09. The van der Waals surface area contributed by atoms with Gasteiger partial charge in [-0.05, 0) is 44.9 Å². The third kappa shape index (κ3) is 5.57. The highest BCUT2D eigenvalue weighted by Crippen LogP contribution is 2.44. The van der Waals surface area contributed by atoms with E-state index in [1.807, 2.05) is 24.7 Å². The van der Waals surface area contributed by atoms with Gasteiger partial charge in [-0.25, -0.2) is 18.4 Å². The van der Waals surface area contributed by atoms with Crippen molar-refractivity contribution < 1.29 is 12.9 Å². The molecule has 1 aromatic carbocycles. The Labute approximate surface area is 254 Å². The van der Waals surface area contributed by atoms with Gasteiger partial charge in [-0.2, -0.15) is 9.40 Å². The Kier molecular flexibility index (Phi) is 7.28. The molecule has 2 fully saturated rings. The second-order valence-electron chi connectivity index (χ2n) is 11.5.